The predicted molar refractivity (Wildman–Crippen MR) is 108 cm³/mol. The number of nitrogens with zero attached hydrogens (tertiary/aromatic N) is 1. The van der Waals surface area contributed by atoms with Crippen LogP contribution < -0.4 is 14.8 Å². The van der Waals surface area contributed by atoms with Gasteiger partial charge >= 0.3 is 0 Å². The van der Waals surface area contributed by atoms with E-state index in [2.05, 4.69) is 5.32 Å². The summed E-state index contributed by atoms with van der Waals surface area (Å²) in [5.41, 5.74) is 1.83. The Labute approximate surface area is 166 Å². The number of aryl methyl sites for hydroxylation is 1. The van der Waals surface area contributed by atoms with E-state index < -0.39 is 6.04 Å². The molecule has 0 aliphatic rings. The van der Waals surface area contributed by atoms with E-state index in [-0.39, 0.29) is 18.4 Å². The highest BCUT2D eigenvalue weighted by molar-refractivity contribution is 5.88. The number of carbonyl (C=O) groups is 2. The highest BCUT2D eigenvalue weighted by Gasteiger charge is 2.28. The van der Waals surface area contributed by atoms with Gasteiger partial charge in [0.25, 0.3) is 5.91 Å². The molecule has 0 aliphatic carbocycles. The Hall–Kier alpha value is -3.02. The van der Waals surface area contributed by atoms with Crippen molar-refractivity contribution in [1.82, 2.24) is 10.2 Å². The fourth-order valence-electron chi connectivity index (χ4n) is 2.99. The zero-order valence-electron chi connectivity index (χ0n) is 16.9. The van der Waals surface area contributed by atoms with Gasteiger partial charge in [-0.2, -0.15) is 0 Å². The van der Waals surface area contributed by atoms with E-state index in [1.54, 1.807) is 19.1 Å². The number of hydrogen-bond acceptors (Lipinski definition) is 4. The van der Waals surface area contributed by atoms with E-state index in [9.17, 15) is 9.59 Å². The fourth-order valence-corrected chi connectivity index (χ4v) is 2.99. The first-order chi connectivity index (χ1) is 13.5. The van der Waals surface area contributed by atoms with Crippen molar-refractivity contribution < 1.29 is 19.1 Å². The van der Waals surface area contributed by atoms with E-state index in [1.807, 2.05) is 62.4 Å². The number of para-hydroxylation sites is 1. The third-order valence-corrected chi connectivity index (χ3v) is 4.56. The first kappa shape index (κ1) is 21.3. The summed E-state index contributed by atoms with van der Waals surface area (Å²) >= 11 is 0. The second-order valence-corrected chi connectivity index (χ2v) is 6.47. The second kappa shape index (κ2) is 10.3. The lowest BCUT2D eigenvalue weighted by atomic mass is 10.1. The smallest absolute Gasteiger partial charge is 0.261 e. The molecule has 150 valence electrons. The summed E-state index contributed by atoms with van der Waals surface area (Å²) in [5, 5.41) is 2.64. The van der Waals surface area contributed by atoms with Crippen molar-refractivity contribution in [2.45, 2.75) is 32.9 Å². The molecule has 6 nitrogen and oxygen atoms in total. The Morgan fingerprint density at radius 2 is 1.89 bits per heavy atom. The molecule has 1 atom stereocenters. The number of hydrogen-bond donors (Lipinski definition) is 1. The summed E-state index contributed by atoms with van der Waals surface area (Å²) < 4.78 is 11.0. The molecule has 0 heterocycles. The number of amides is 2. The number of benzene rings is 2. The maximum Gasteiger partial charge on any atom is 0.261 e. The van der Waals surface area contributed by atoms with E-state index >= 15 is 0 Å². The first-order valence-corrected chi connectivity index (χ1v) is 9.32. The topological polar surface area (TPSA) is 67.9 Å². The minimum atomic E-state index is -0.579. The first-order valence-electron chi connectivity index (χ1n) is 9.32. The zero-order chi connectivity index (χ0) is 20.5. The number of carbonyl (C=O) groups excluding carboxylic acids is 2. The predicted octanol–water partition coefficient (Wildman–Crippen LogP) is 2.94. The van der Waals surface area contributed by atoms with E-state index in [4.69, 9.17) is 9.47 Å². The summed E-state index contributed by atoms with van der Waals surface area (Å²) in [6.07, 6.45) is 0.500. The van der Waals surface area contributed by atoms with Gasteiger partial charge in [0, 0.05) is 13.6 Å². The van der Waals surface area contributed by atoms with Gasteiger partial charge in [-0.25, -0.2) is 0 Å². The number of methoxy groups -OCH3 is 1. The number of nitrogens with one attached hydrogen (secondary N) is 1. The average Bonchev–Trinajstić information content (AvgIpc) is 2.72. The van der Waals surface area contributed by atoms with Crippen LogP contribution in [0.5, 0.6) is 11.5 Å². The van der Waals surface area contributed by atoms with Gasteiger partial charge in [-0.05, 0) is 42.7 Å². The summed E-state index contributed by atoms with van der Waals surface area (Å²) in [5.74, 6) is 0.912. The second-order valence-electron chi connectivity index (χ2n) is 6.47. The van der Waals surface area contributed by atoms with Crippen molar-refractivity contribution in [2.75, 3.05) is 20.8 Å². The van der Waals surface area contributed by atoms with Crippen LogP contribution in [0.15, 0.2) is 48.5 Å². The minimum absolute atomic E-state index is 0.137. The number of rotatable bonds is 9. The van der Waals surface area contributed by atoms with Gasteiger partial charge in [-0.1, -0.05) is 37.3 Å². The molecule has 0 fully saturated rings. The van der Waals surface area contributed by atoms with Crippen molar-refractivity contribution in [3.63, 3.8) is 0 Å². The maximum absolute atomic E-state index is 13.0. The van der Waals surface area contributed by atoms with E-state index in [1.165, 1.54) is 0 Å². The third kappa shape index (κ3) is 5.49. The quantitative estimate of drug-likeness (QED) is 0.722. The molecule has 28 heavy (non-hydrogen) atoms. The molecule has 0 radical (unpaired) electrons. The molecular weight excluding hydrogens is 356 g/mol. The van der Waals surface area contributed by atoms with Crippen molar-refractivity contribution in [3.05, 3.63) is 59.7 Å². The van der Waals surface area contributed by atoms with Crippen LogP contribution in [0.25, 0.3) is 0 Å². The Kier molecular flexibility index (Phi) is 7.87. The van der Waals surface area contributed by atoms with E-state index in [0.29, 0.717) is 24.5 Å². The summed E-state index contributed by atoms with van der Waals surface area (Å²) in [6.45, 7) is 3.96. The SMILES string of the molecule is CC[C@H](C(=O)NC)N(Cc1cccc(OC)c1)C(=O)COc1ccccc1C. The van der Waals surface area contributed by atoms with Gasteiger partial charge in [-0.3, -0.25) is 9.59 Å². The maximum atomic E-state index is 13.0. The van der Waals surface area contributed by atoms with Crippen LogP contribution in [0.2, 0.25) is 0 Å². The standard InChI is InChI=1S/C22H28N2O4/c1-5-19(22(26)23-3)24(14-17-10-8-11-18(13-17)27-4)21(25)15-28-20-12-7-6-9-16(20)2/h6-13,19H,5,14-15H2,1-4H3,(H,23,26)/t19-/m1/s1. The Morgan fingerprint density at radius 3 is 2.54 bits per heavy atom. The van der Waals surface area contributed by atoms with Crippen molar-refractivity contribution in [3.8, 4) is 11.5 Å². The van der Waals surface area contributed by atoms with Crippen molar-refractivity contribution in [1.29, 1.82) is 0 Å². The molecule has 0 saturated carbocycles. The molecule has 1 N–H and O–H groups in total. The van der Waals surface area contributed by atoms with Gasteiger partial charge in [-0.15, -0.1) is 0 Å². The van der Waals surface area contributed by atoms with Crippen LogP contribution in [0.4, 0.5) is 0 Å². The molecule has 6 heteroatoms. The van der Waals surface area contributed by atoms with Gasteiger partial charge < -0.3 is 19.7 Å². The van der Waals surface area contributed by atoms with Crippen LogP contribution in [-0.4, -0.2) is 43.5 Å². The summed E-state index contributed by atoms with van der Waals surface area (Å²) in [7, 11) is 3.17. The average molecular weight is 384 g/mol. The normalized spacial score (nSPS) is 11.4. The lowest BCUT2D eigenvalue weighted by Crippen LogP contribution is -2.49. The molecule has 0 aliphatic heterocycles. The molecule has 2 amide bonds. The number of ether oxygens (including phenoxy) is 2. The highest BCUT2D eigenvalue weighted by Crippen LogP contribution is 2.19. The van der Waals surface area contributed by atoms with Gasteiger partial charge in [0.15, 0.2) is 6.61 Å². The number of likely N-dealkylation sites (N-methyl/N-ethyl adjacent to an activating group) is 1. The molecule has 0 spiro atoms. The Morgan fingerprint density at radius 1 is 1.14 bits per heavy atom. The largest absolute Gasteiger partial charge is 0.497 e. The molecule has 2 rings (SSSR count). The highest BCUT2D eigenvalue weighted by atomic mass is 16.5. The molecule has 0 aromatic heterocycles. The van der Waals surface area contributed by atoms with Crippen LogP contribution in [0.1, 0.15) is 24.5 Å². The van der Waals surface area contributed by atoms with Gasteiger partial charge in [0.2, 0.25) is 5.91 Å². The van der Waals surface area contributed by atoms with Crippen LogP contribution in [0.3, 0.4) is 0 Å². The Bertz CT molecular complexity index is 807. The zero-order valence-corrected chi connectivity index (χ0v) is 16.9. The van der Waals surface area contributed by atoms with Crippen LogP contribution >= 0.6 is 0 Å². The minimum Gasteiger partial charge on any atom is -0.497 e. The molecule has 0 bridgehead atoms. The monoisotopic (exact) mass is 384 g/mol. The summed E-state index contributed by atoms with van der Waals surface area (Å²) in [4.78, 5) is 26.9. The summed E-state index contributed by atoms with van der Waals surface area (Å²) in [6, 6.07) is 14.4. The van der Waals surface area contributed by atoms with Gasteiger partial charge in [0.1, 0.15) is 17.5 Å². The van der Waals surface area contributed by atoms with Crippen LogP contribution in [-0.2, 0) is 16.1 Å². The molecular formula is C22H28N2O4. The molecule has 2 aromatic rings. The van der Waals surface area contributed by atoms with Crippen LogP contribution in [0, 0.1) is 6.92 Å². The van der Waals surface area contributed by atoms with E-state index in [0.717, 1.165) is 11.1 Å². The Balaban J connectivity index is 2.22. The molecule has 0 unspecified atom stereocenters. The fraction of sp³-hybridized carbons (Fsp3) is 0.364. The van der Waals surface area contributed by atoms with Crippen molar-refractivity contribution in [2.24, 2.45) is 0 Å². The molecule has 0 saturated heterocycles. The van der Waals surface area contributed by atoms with Gasteiger partial charge in [0.05, 0.1) is 7.11 Å². The van der Waals surface area contributed by atoms with Crippen molar-refractivity contribution >= 4 is 11.8 Å². The lowest BCUT2D eigenvalue weighted by molar-refractivity contribution is -0.142. The third-order valence-electron chi connectivity index (χ3n) is 4.56. The molecule has 2 aromatic carbocycles. The lowest BCUT2D eigenvalue weighted by Gasteiger charge is -2.30.